The minimum absolute atomic E-state index is 0.107. The first-order chi connectivity index (χ1) is 9.53. The van der Waals surface area contributed by atoms with E-state index >= 15 is 0 Å². The highest BCUT2D eigenvalue weighted by Crippen LogP contribution is 2.36. The fourth-order valence-corrected chi connectivity index (χ4v) is 3.11. The average molecular weight is 317 g/mol. The molecule has 2 rings (SSSR count). The highest BCUT2D eigenvalue weighted by Gasteiger charge is 2.33. The maximum atomic E-state index is 11.9. The Balaban J connectivity index is 1.89. The third-order valence-corrected chi connectivity index (χ3v) is 4.18. The van der Waals surface area contributed by atoms with Crippen molar-refractivity contribution in [3.63, 3.8) is 0 Å². The van der Waals surface area contributed by atoms with Crippen molar-refractivity contribution in [2.45, 2.75) is 25.7 Å². The minimum Gasteiger partial charge on any atom is -0.396 e. The molecule has 4 nitrogen and oxygen atoms in total. The molecule has 0 spiro atoms. The van der Waals surface area contributed by atoms with Crippen molar-refractivity contribution >= 4 is 34.9 Å². The normalized spacial score (nSPS) is 16.9. The van der Waals surface area contributed by atoms with Crippen molar-refractivity contribution in [3.05, 3.63) is 28.2 Å². The van der Waals surface area contributed by atoms with E-state index in [0.717, 1.165) is 25.7 Å². The molecule has 1 aromatic carbocycles. The largest absolute Gasteiger partial charge is 0.396 e. The highest BCUT2D eigenvalue weighted by molar-refractivity contribution is 6.35. The molecule has 0 atom stereocenters. The van der Waals surface area contributed by atoms with Crippen LogP contribution in [0.2, 0.25) is 10.0 Å². The number of carbonyl (C=O) groups excluding carboxylic acids is 1. The third-order valence-electron chi connectivity index (χ3n) is 3.74. The van der Waals surface area contributed by atoms with E-state index in [4.69, 9.17) is 23.2 Å². The second-order valence-corrected chi connectivity index (χ2v) is 6.20. The van der Waals surface area contributed by atoms with Crippen molar-refractivity contribution in [3.8, 4) is 0 Å². The molecule has 110 valence electrons. The predicted molar refractivity (Wildman–Crippen MR) is 81.5 cm³/mol. The van der Waals surface area contributed by atoms with Gasteiger partial charge in [0.15, 0.2) is 0 Å². The van der Waals surface area contributed by atoms with Crippen LogP contribution in [0.4, 0.5) is 10.5 Å². The Bertz CT molecular complexity index is 468. The second-order valence-electron chi connectivity index (χ2n) is 5.33. The van der Waals surface area contributed by atoms with Gasteiger partial charge in [-0.15, -0.1) is 0 Å². The molecule has 1 fully saturated rings. The zero-order chi connectivity index (χ0) is 14.6. The van der Waals surface area contributed by atoms with Gasteiger partial charge < -0.3 is 15.7 Å². The van der Waals surface area contributed by atoms with Crippen molar-refractivity contribution in [2.24, 2.45) is 5.41 Å². The molecule has 1 aromatic rings. The van der Waals surface area contributed by atoms with Gasteiger partial charge >= 0.3 is 6.03 Å². The van der Waals surface area contributed by atoms with Crippen molar-refractivity contribution < 1.29 is 9.90 Å². The topological polar surface area (TPSA) is 61.4 Å². The van der Waals surface area contributed by atoms with E-state index in [9.17, 15) is 9.90 Å². The third kappa shape index (κ3) is 4.01. The average Bonchev–Trinajstić information content (AvgIpc) is 2.84. The Morgan fingerprint density at radius 2 is 1.80 bits per heavy atom. The number of urea groups is 1. The lowest BCUT2D eigenvalue weighted by atomic mass is 9.87. The SMILES string of the molecule is O=C(NCC1(CO)CCCC1)Nc1cc(Cl)cc(Cl)c1. The Morgan fingerprint density at radius 1 is 1.20 bits per heavy atom. The van der Waals surface area contributed by atoms with Crippen LogP contribution in [-0.4, -0.2) is 24.3 Å². The molecule has 0 saturated heterocycles. The first-order valence-corrected chi connectivity index (χ1v) is 7.40. The number of benzene rings is 1. The number of halogens is 2. The number of hydrogen-bond acceptors (Lipinski definition) is 2. The molecule has 1 aliphatic rings. The number of hydrogen-bond donors (Lipinski definition) is 3. The van der Waals surface area contributed by atoms with Gasteiger partial charge in [-0.1, -0.05) is 36.0 Å². The molecule has 1 saturated carbocycles. The molecule has 0 aliphatic heterocycles. The summed E-state index contributed by atoms with van der Waals surface area (Å²) in [6.07, 6.45) is 4.11. The molecule has 0 heterocycles. The summed E-state index contributed by atoms with van der Waals surface area (Å²) in [5.74, 6) is 0. The van der Waals surface area contributed by atoms with E-state index in [-0.39, 0.29) is 18.1 Å². The van der Waals surface area contributed by atoms with Gasteiger partial charge in [-0.2, -0.15) is 0 Å². The summed E-state index contributed by atoms with van der Waals surface area (Å²) >= 11 is 11.7. The number of rotatable bonds is 4. The molecule has 6 heteroatoms. The van der Waals surface area contributed by atoms with Crippen LogP contribution in [-0.2, 0) is 0 Å². The first kappa shape index (κ1) is 15.4. The van der Waals surface area contributed by atoms with Crippen molar-refractivity contribution in [1.82, 2.24) is 5.32 Å². The van der Waals surface area contributed by atoms with Crippen LogP contribution in [0.25, 0.3) is 0 Å². The van der Waals surface area contributed by atoms with E-state index in [1.165, 1.54) is 0 Å². The van der Waals surface area contributed by atoms with Crippen LogP contribution < -0.4 is 10.6 Å². The summed E-state index contributed by atoms with van der Waals surface area (Å²) < 4.78 is 0. The van der Waals surface area contributed by atoms with Crippen LogP contribution >= 0.6 is 23.2 Å². The molecular formula is C14H18Cl2N2O2. The first-order valence-electron chi connectivity index (χ1n) is 6.65. The summed E-state index contributed by atoms with van der Waals surface area (Å²) in [5, 5.41) is 15.9. The summed E-state index contributed by atoms with van der Waals surface area (Å²) in [5.41, 5.74) is 0.382. The fourth-order valence-electron chi connectivity index (χ4n) is 2.58. The Morgan fingerprint density at radius 3 is 2.35 bits per heavy atom. The monoisotopic (exact) mass is 316 g/mol. The van der Waals surface area contributed by atoms with Gasteiger partial charge in [0.25, 0.3) is 0 Å². The van der Waals surface area contributed by atoms with E-state index in [2.05, 4.69) is 10.6 Å². The van der Waals surface area contributed by atoms with Crippen LogP contribution in [0.15, 0.2) is 18.2 Å². The van der Waals surface area contributed by atoms with Crippen LogP contribution in [0.5, 0.6) is 0 Å². The maximum absolute atomic E-state index is 11.9. The molecule has 1 aliphatic carbocycles. The zero-order valence-electron chi connectivity index (χ0n) is 11.1. The number of amides is 2. The number of anilines is 1. The Hall–Kier alpha value is -0.970. The summed E-state index contributed by atoms with van der Waals surface area (Å²) in [6.45, 7) is 0.583. The minimum atomic E-state index is -0.317. The molecule has 3 N–H and O–H groups in total. The van der Waals surface area contributed by atoms with E-state index in [0.29, 0.717) is 22.3 Å². The summed E-state index contributed by atoms with van der Waals surface area (Å²) in [6, 6.07) is 4.54. The fraction of sp³-hybridized carbons (Fsp3) is 0.500. The van der Waals surface area contributed by atoms with Crippen LogP contribution in [0, 0.1) is 5.41 Å². The molecule has 2 amide bonds. The highest BCUT2D eigenvalue weighted by atomic mass is 35.5. The zero-order valence-corrected chi connectivity index (χ0v) is 12.6. The van der Waals surface area contributed by atoms with Gasteiger partial charge in [-0.05, 0) is 31.0 Å². The smallest absolute Gasteiger partial charge is 0.319 e. The Labute approximate surface area is 128 Å². The summed E-state index contributed by atoms with van der Waals surface area (Å²) in [7, 11) is 0. The maximum Gasteiger partial charge on any atom is 0.319 e. The number of nitrogens with one attached hydrogen (secondary N) is 2. The second kappa shape index (κ2) is 6.66. The molecule has 20 heavy (non-hydrogen) atoms. The van der Waals surface area contributed by atoms with Crippen molar-refractivity contribution in [1.29, 1.82) is 0 Å². The lowest BCUT2D eigenvalue weighted by molar-refractivity contribution is 0.130. The van der Waals surface area contributed by atoms with Crippen molar-refractivity contribution in [2.75, 3.05) is 18.5 Å². The van der Waals surface area contributed by atoms with Gasteiger partial charge in [-0.25, -0.2) is 4.79 Å². The van der Waals surface area contributed by atoms with Gasteiger partial charge in [0.1, 0.15) is 0 Å². The lowest BCUT2D eigenvalue weighted by Crippen LogP contribution is -2.40. The van der Waals surface area contributed by atoms with Gasteiger partial charge in [0.2, 0.25) is 0 Å². The standard InChI is InChI=1S/C14H18Cl2N2O2/c15-10-5-11(16)7-12(6-10)18-13(20)17-8-14(9-19)3-1-2-4-14/h5-7,19H,1-4,8-9H2,(H2,17,18,20). The van der Waals surface area contributed by atoms with E-state index in [1.807, 2.05) is 0 Å². The number of carbonyl (C=O) groups is 1. The molecule has 0 bridgehead atoms. The van der Waals surface area contributed by atoms with E-state index < -0.39 is 0 Å². The molecule has 0 unspecified atom stereocenters. The van der Waals surface area contributed by atoms with Gasteiger partial charge in [0.05, 0.1) is 6.61 Å². The lowest BCUT2D eigenvalue weighted by Gasteiger charge is -2.26. The predicted octanol–water partition coefficient (Wildman–Crippen LogP) is 3.67. The van der Waals surface area contributed by atoms with Gasteiger partial charge in [0, 0.05) is 27.7 Å². The quantitative estimate of drug-likeness (QED) is 0.793. The molecule has 0 radical (unpaired) electrons. The van der Waals surface area contributed by atoms with Crippen LogP contribution in [0.3, 0.4) is 0 Å². The summed E-state index contributed by atoms with van der Waals surface area (Å²) in [4.78, 5) is 11.9. The van der Waals surface area contributed by atoms with Crippen LogP contribution in [0.1, 0.15) is 25.7 Å². The molecular weight excluding hydrogens is 299 g/mol. The Kier molecular flexibility index (Phi) is 5.13. The number of aliphatic hydroxyl groups excluding tert-OH is 1. The van der Waals surface area contributed by atoms with Gasteiger partial charge in [-0.3, -0.25) is 0 Å². The number of aliphatic hydroxyl groups is 1. The van der Waals surface area contributed by atoms with E-state index in [1.54, 1.807) is 18.2 Å². The molecule has 0 aromatic heterocycles.